The summed E-state index contributed by atoms with van der Waals surface area (Å²) in [4.78, 5) is 11.3. The molecule has 0 bridgehead atoms. The normalized spacial score (nSPS) is 25.5. The number of hydrogen-bond donors (Lipinski definition) is 2. The molecule has 94 valence electrons. The Bertz CT molecular complexity index is 245. The van der Waals surface area contributed by atoms with Gasteiger partial charge in [0.15, 0.2) is 0 Å². The van der Waals surface area contributed by atoms with E-state index in [0.29, 0.717) is 19.7 Å². The number of halogens is 1. The molecule has 1 rings (SSSR count). The van der Waals surface area contributed by atoms with Gasteiger partial charge < -0.3 is 15.4 Å². The molecule has 0 aromatic carbocycles. The highest BCUT2D eigenvalue weighted by Crippen LogP contribution is 2.08. The van der Waals surface area contributed by atoms with E-state index < -0.39 is 26.4 Å². The quantitative estimate of drug-likeness (QED) is 0.739. The topological polar surface area (TPSA) is 50.4 Å². The van der Waals surface area contributed by atoms with Crippen LogP contribution in [-0.4, -0.2) is 46.1 Å². The number of alkyl carbamates (subject to hydrolysis) is 1. The van der Waals surface area contributed by atoms with Crippen molar-refractivity contribution in [1.82, 2.24) is 10.6 Å². The van der Waals surface area contributed by atoms with Crippen molar-refractivity contribution >= 4 is 14.2 Å². The molecule has 6 heteroatoms. The molecule has 2 atom stereocenters. The van der Waals surface area contributed by atoms with E-state index in [9.17, 15) is 9.18 Å². The molecule has 4 nitrogen and oxygen atoms in total. The first-order chi connectivity index (χ1) is 7.38. The lowest BCUT2D eigenvalue weighted by atomic mass is 10.2. The summed E-state index contributed by atoms with van der Waals surface area (Å²) in [5.74, 6) is 0. The molecule has 1 aliphatic rings. The van der Waals surface area contributed by atoms with E-state index in [1.54, 1.807) is 0 Å². The maximum absolute atomic E-state index is 13.1. The van der Waals surface area contributed by atoms with E-state index in [0.717, 1.165) is 6.04 Å². The van der Waals surface area contributed by atoms with E-state index in [4.69, 9.17) is 4.74 Å². The standard InChI is InChI=1S/C10H21FN2O2Si/c1-16(2,3)5-4-15-10(14)13-9-7-12-6-8(9)11/h8-9,12H,4-7H2,1-3H3,(H,13,14)/t8-,9-/m1/s1. The monoisotopic (exact) mass is 248 g/mol. The van der Waals surface area contributed by atoms with Gasteiger partial charge in [0.05, 0.1) is 12.6 Å². The summed E-state index contributed by atoms with van der Waals surface area (Å²) in [5.41, 5.74) is 0. The number of amides is 1. The van der Waals surface area contributed by atoms with Crippen LogP contribution in [-0.2, 0) is 4.74 Å². The van der Waals surface area contributed by atoms with E-state index >= 15 is 0 Å². The molecule has 1 fully saturated rings. The number of alkyl halides is 1. The van der Waals surface area contributed by atoms with Gasteiger partial charge in [-0.1, -0.05) is 19.6 Å². The lowest BCUT2D eigenvalue weighted by Crippen LogP contribution is -2.41. The van der Waals surface area contributed by atoms with Crippen molar-refractivity contribution in [3.8, 4) is 0 Å². The Morgan fingerprint density at radius 2 is 2.19 bits per heavy atom. The third-order valence-electron chi connectivity index (χ3n) is 2.53. The van der Waals surface area contributed by atoms with Gasteiger partial charge in [0, 0.05) is 21.2 Å². The van der Waals surface area contributed by atoms with Crippen LogP contribution in [0.4, 0.5) is 9.18 Å². The second-order valence-corrected chi connectivity index (χ2v) is 11.0. The number of nitrogens with one attached hydrogen (secondary N) is 2. The van der Waals surface area contributed by atoms with Crippen LogP contribution in [0.3, 0.4) is 0 Å². The summed E-state index contributed by atoms with van der Waals surface area (Å²) in [7, 11) is -1.17. The molecule has 1 amide bonds. The first-order valence-electron chi connectivity index (χ1n) is 5.66. The molecule has 16 heavy (non-hydrogen) atoms. The maximum atomic E-state index is 13.1. The number of hydrogen-bond acceptors (Lipinski definition) is 3. The fourth-order valence-corrected chi connectivity index (χ4v) is 2.15. The molecule has 1 aliphatic heterocycles. The van der Waals surface area contributed by atoms with Crippen LogP contribution in [0, 0.1) is 0 Å². The van der Waals surface area contributed by atoms with Gasteiger partial charge in [0.25, 0.3) is 0 Å². The fourth-order valence-electron chi connectivity index (χ4n) is 1.43. The summed E-state index contributed by atoms with van der Waals surface area (Å²) < 4.78 is 18.2. The number of rotatable bonds is 4. The first kappa shape index (κ1) is 13.4. The second-order valence-electron chi connectivity index (χ2n) is 5.37. The molecule has 0 aromatic heterocycles. The largest absolute Gasteiger partial charge is 0.450 e. The third-order valence-corrected chi connectivity index (χ3v) is 4.23. The number of ether oxygens (including phenoxy) is 1. The Morgan fingerprint density at radius 1 is 1.50 bits per heavy atom. The van der Waals surface area contributed by atoms with Gasteiger partial charge in [-0.15, -0.1) is 0 Å². The average Bonchev–Trinajstić information content (AvgIpc) is 2.49. The van der Waals surface area contributed by atoms with Gasteiger partial charge in [-0.2, -0.15) is 0 Å². The number of carbonyl (C=O) groups excluding carboxylic acids is 1. The van der Waals surface area contributed by atoms with Crippen molar-refractivity contribution < 1.29 is 13.9 Å². The minimum atomic E-state index is -1.17. The zero-order valence-electron chi connectivity index (χ0n) is 10.2. The zero-order valence-corrected chi connectivity index (χ0v) is 11.2. The Kier molecular flexibility index (Phi) is 4.73. The van der Waals surface area contributed by atoms with E-state index in [1.165, 1.54) is 0 Å². The molecule has 0 aromatic rings. The van der Waals surface area contributed by atoms with Crippen molar-refractivity contribution in [2.45, 2.75) is 37.9 Å². The predicted octanol–water partition coefficient (Wildman–Crippen LogP) is 1.36. The summed E-state index contributed by atoms with van der Waals surface area (Å²) in [6, 6.07) is 0.488. The van der Waals surface area contributed by atoms with Crippen molar-refractivity contribution in [3.05, 3.63) is 0 Å². The maximum Gasteiger partial charge on any atom is 0.407 e. The molecule has 1 saturated heterocycles. The van der Waals surface area contributed by atoms with Crippen LogP contribution in [0.2, 0.25) is 25.7 Å². The van der Waals surface area contributed by atoms with Crippen molar-refractivity contribution in [1.29, 1.82) is 0 Å². The first-order valence-corrected chi connectivity index (χ1v) is 9.37. The van der Waals surface area contributed by atoms with Gasteiger partial charge in [0.1, 0.15) is 6.17 Å². The van der Waals surface area contributed by atoms with Gasteiger partial charge in [0.2, 0.25) is 0 Å². The molecule has 0 unspecified atom stereocenters. The molecule has 1 heterocycles. The highest BCUT2D eigenvalue weighted by atomic mass is 28.3. The van der Waals surface area contributed by atoms with E-state index in [1.807, 2.05) is 0 Å². The summed E-state index contributed by atoms with van der Waals surface area (Å²) in [6.07, 6.45) is -1.51. The SMILES string of the molecule is C[Si](C)(C)CCOC(=O)N[C@@H]1CNC[C@H]1F. The minimum Gasteiger partial charge on any atom is -0.450 e. The Morgan fingerprint density at radius 3 is 2.69 bits per heavy atom. The van der Waals surface area contributed by atoms with Crippen LogP contribution >= 0.6 is 0 Å². The van der Waals surface area contributed by atoms with Crippen LogP contribution in [0.15, 0.2) is 0 Å². The van der Waals surface area contributed by atoms with Gasteiger partial charge >= 0.3 is 6.09 Å². The average molecular weight is 248 g/mol. The highest BCUT2D eigenvalue weighted by molar-refractivity contribution is 6.76. The predicted molar refractivity (Wildman–Crippen MR) is 64.2 cm³/mol. The Balaban J connectivity index is 2.16. The van der Waals surface area contributed by atoms with Crippen LogP contribution in [0.1, 0.15) is 0 Å². The van der Waals surface area contributed by atoms with Crippen LogP contribution in [0.25, 0.3) is 0 Å². The second kappa shape index (κ2) is 5.63. The van der Waals surface area contributed by atoms with E-state index in [2.05, 4.69) is 30.3 Å². The van der Waals surface area contributed by atoms with Crippen LogP contribution in [0.5, 0.6) is 0 Å². The van der Waals surface area contributed by atoms with Gasteiger partial charge in [-0.25, -0.2) is 9.18 Å². The van der Waals surface area contributed by atoms with Crippen molar-refractivity contribution in [2.24, 2.45) is 0 Å². The van der Waals surface area contributed by atoms with Gasteiger partial charge in [-0.3, -0.25) is 0 Å². The zero-order chi connectivity index (χ0) is 12.2. The van der Waals surface area contributed by atoms with Crippen molar-refractivity contribution in [2.75, 3.05) is 19.7 Å². The smallest absolute Gasteiger partial charge is 0.407 e. The molecule has 2 N–H and O–H groups in total. The molecular formula is C10H21FN2O2Si. The highest BCUT2D eigenvalue weighted by Gasteiger charge is 2.28. The van der Waals surface area contributed by atoms with Crippen LogP contribution < -0.4 is 10.6 Å². The van der Waals surface area contributed by atoms with Crippen molar-refractivity contribution in [3.63, 3.8) is 0 Å². The Hall–Kier alpha value is -0.623. The van der Waals surface area contributed by atoms with E-state index in [-0.39, 0.29) is 0 Å². The van der Waals surface area contributed by atoms with Gasteiger partial charge in [-0.05, 0) is 6.04 Å². The minimum absolute atomic E-state index is 0.305. The third kappa shape index (κ3) is 4.94. The molecule has 0 aliphatic carbocycles. The lowest BCUT2D eigenvalue weighted by Gasteiger charge is -2.17. The molecule has 0 saturated carbocycles. The molecule has 0 radical (unpaired) electrons. The summed E-state index contributed by atoms with van der Waals surface area (Å²) >= 11 is 0. The molecule has 0 spiro atoms. The molecular weight excluding hydrogens is 227 g/mol. The summed E-state index contributed by atoms with van der Waals surface area (Å²) in [6.45, 7) is 7.86. The lowest BCUT2D eigenvalue weighted by molar-refractivity contribution is 0.143. The number of carbonyl (C=O) groups is 1. The fraction of sp³-hybridized carbons (Fsp3) is 0.900. The summed E-state index contributed by atoms with van der Waals surface area (Å²) in [5, 5.41) is 5.40. The Labute approximate surface area is 96.9 Å².